The summed E-state index contributed by atoms with van der Waals surface area (Å²) in [7, 11) is 2.02. The van der Waals surface area contributed by atoms with Gasteiger partial charge in [-0.05, 0) is 87.4 Å². The normalized spacial score (nSPS) is 44.5. The maximum Gasteiger partial charge on any atom is 0.224 e. The van der Waals surface area contributed by atoms with Crippen LogP contribution in [-0.2, 0) is 9.59 Å². The Hall–Kier alpha value is -1.32. The molecule has 4 aliphatic rings. The van der Waals surface area contributed by atoms with Crippen molar-refractivity contribution in [2.45, 2.75) is 90.6 Å². The summed E-state index contributed by atoms with van der Waals surface area (Å²) >= 11 is 0. The molecular formula is C25H40N2O2. The minimum Gasteiger partial charge on any atom is -0.348 e. The van der Waals surface area contributed by atoms with E-state index in [0.29, 0.717) is 36.1 Å². The average Bonchev–Trinajstić information content (AvgIpc) is 3.02. The Morgan fingerprint density at radius 1 is 1.10 bits per heavy atom. The summed E-state index contributed by atoms with van der Waals surface area (Å²) in [6.45, 7) is 12.8. The van der Waals surface area contributed by atoms with E-state index in [0.717, 1.165) is 25.7 Å². The van der Waals surface area contributed by atoms with Gasteiger partial charge in [0.25, 0.3) is 0 Å². The second kappa shape index (κ2) is 6.85. The van der Waals surface area contributed by atoms with E-state index in [4.69, 9.17) is 0 Å². The molecular weight excluding hydrogens is 360 g/mol. The molecule has 4 fully saturated rings. The van der Waals surface area contributed by atoms with Crippen molar-refractivity contribution in [3.63, 3.8) is 0 Å². The van der Waals surface area contributed by atoms with E-state index in [9.17, 15) is 9.59 Å². The number of rotatable bonds is 3. The zero-order valence-corrected chi connectivity index (χ0v) is 19.1. The fraction of sp³-hybridized carbons (Fsp3) is 0.840. The molecule has 1 saturated heterocycles. The molecule has 7 atom stereocenters. The third-order valence-electron chi connectivity index (χ3n) is 9.83. The summed E-state index contributed by atoms with van der Waals surface area (Å²) in [4.78, 5) is 27.6. The van der Waals surface area contributed by atoms with Gasteiger partial charge in [-0.15, -0.1) is 6.58 Å². The van der Waals surface area contributed by atoms with E-state index in [-0.39, 0.29) is 28.2 Å². The van der Waals surface area contributed by atoms with Crippen LogP contribution in [0.3, 0.4) is 0 Å². The number of carbonyl (C=O) groups excluding carboxylic acids is 2. The lowest BCUT2D eigenvalue weighted by atomic mass is 9.47. The van der Waals surface area contributed by atoms with Gasteiger partial charge in [0.1, 0.15) is 0 Å². The summed E-state index contributed by atoms with van der Waals surface area (Å²) < 4.78 is 0. The molecule has 4 rings (SSSR count). The number of nitrogens with zero attached hydrogens (tertiary/aromatic N) is 1. The third kappa shape index (κ3) is 3.08. The lowest BCUT2D eigenvalue weighted by Gasteiger charge is -2.61. The van der Waals surface area contributed by atoms with Crippen LogP contribution < -0.4 is 5.32 Å². The summed E-state index contributed by atoms with van der Waals surface area (Å²) in [5.41, 5.74) is 0.00760. The van der Waals surface area contributed by atoms with Gasteiger partial charge in [-0.3, -0.25) is 9.59 Å². The maximum absolute atomic E-state index is 13.2. The molecule has 2 amide bonds. The largest absolute Gasteiger partial charge is 0.348 e. The number of piperidine rings is 1. The first kappa shape index (κ1) is 20.9. The molecule has 0 aromatic carbocycles. The van der Waals surface area contributed by atoms with Crippen LogP contribution in [-0.4, -0.2) is 35.3 Å². The van der Waals surface area contributed by atoms with Crippen molar-refractivity contribution in [3.8, 4) is 0 Å². The SMILES string of the molecule is C=CC(C)(C)NC(=O)C1CC[C@H]2[C@@H]3CCC4N(C)C(=O)CC[C@]4(C)[C@@H]3CC[C@]12C. The van der Waals surface area contributed by atoms with Gasteiger partial charge < -0.3 is 10.2 Å². The number of likely N-dealkylation sites (tertiary alicyclic amines) is 1. The van der Waals surface area contributed by atoms with Gasteiger partial charge in [-0.2, -0.15) is 0 Å². The number of fused-ring (bicyclic) bond motifs is 5. The van der Waals surface area contributed by atoms with Crippen molar-refractivity contribution in [2.75, 3.05) is 7.05 Å². The van der Waals surface area contributed by atoms with Crippen LogP contribution >= 0.6 is 0 Å². The standard InChI is InChI=1S/C25H40N2O2/c1-7-23(2,3)26-22(29)19-10-9-17-16-8-11-20-25(5,15-13-21(28)27(20)6)18(16)12-14-24(17,19)4/h7,16-20H,1,8-15H2,2-6H3,(H,26,29)/t16-,17-,18+,19?,20?,24-,25+/m0/s1. The molecule has 4 nitrogen and oxygen atoms in total. The van der Waals surface area contributed by atoms with Gasteiger partial charge >= 0.3 is 0 Å². The van der Waals surface area contributed by atoms with E-state index in [2.05, 4.69) is 30.6 Å². The Balaban J connectivity index is 1.56. The Morgan fingerprint density at radius 2 is 1.79 bits per heavy atom. The molecule has 0 radical (unpaired) electrons. The Morgan fingerprint density at radius 3 is 2.48 bits per heavy atom. The monoisotopic (exact) mass is 400 g/mol. The first-order valence-corrected chi connectivity index (χ1v) is 11.7. The summed E-state index contributed by atoms with van der Waals surface area (Å²) in [6.07, 6.45) is 10.5. The van der Waals surface area contributed by atoms with E-state index in [1.807, 2.05) is 27.0 Å². The van der Waals surface area contributed by atoms with Gasteiger partial charge in [0, 0.05) is 25.4 Å². The predicted octanol–water partition coefficient (Wildman–Crippen LogP) is 4.55. The van der Waals surface area contributed by atoms with Crippen LogP contribution in [0.5, 0.6) is 0 Å². The van der Waals surface area contributed by atoms with Crippen molar-refractivity contribution in [1.82, 2.24) is 10.2 Å². The van der Waals surface area contributed by atoms with Crippen molar-refractivity contribution >= 4 is 11.8 Å². The molecule has 162 valence electrons. The molecule has 0 spiro atoms. The van der Waals surface area contributed by atoms with E-state index < -0.39 is 0 Å². The van der Waals surface area contributed by atoms with Crippen LogP contribution in [0.4, 0.5) is 0 Å². The van der Waals surface area contributed by atoms with Crippen LogP contribution in [0.25, 0.3) is 0 Å². The molecule has 0 bridgehead atoms. The van der Waals surface area contributed by atoms with Crippen molar-refractivity contribution in [3.05, 3.63) is 12.7 Å². The van der Waals surface area contributed by atoms with E-state index >= 15 is 0 Å². The highest BCUT2D eigenvalue weighted by atomic mass is 16.2. The van der Waals surface area contributed by atoms with Gasteiger partial charge in [0.2, 0.25) is 11.8 Å². The highest BCUT2D eigenvalue weighted by molar-refractivity contribution is 5.81. The first-order chi connectivity index (χ1) is 13.5. The van der Waals surface area contributed by atoms with E-state index in [1.54, 1.807) is 0 Å². The molecule has 1 N–H and O–H groups in total. The number of hydrogen-bond donors (Lipinski definition) is 1. The summed E-state index contributed by atoms with van der Waals surface area (Å²) in [5, 5.41) is 3.24. The van der Waals surface area contributed by atoms with Crippen LogP contribution in [0.2, 0.25) is 0 Å². The van der Waals surface area contributed by atoms with Gasteiger partial charge in [-0.1, -0.05) is 19.9 Å². The summed E-state index contributed by atoms with van der Waals surface area (Å²) in [6, 6.07) is 0.406. The fourth-order valence-corrected chi connectivity index (χ4v) is 8.04. The zero-order chi connectivity index (χ0) is 21.2. The van der Waals surface area contributed by atoms with Crippen LogP contribution in [0.1, 0.15) is 79.1 Å². The summed E-state index contributed by atoms with van der Waals surface area (Å²) in [5.74, 6) is 2.72. The Labute approximate surface area is 176 Å². The topological polar surface area (TPSA) is 49.4 Å². The molecule has 3 saturated carbocycles. The second-order valence-corrected chi connectivity index (χ2v) is 11.6. The smallest absolute Gasteiger partial charge is 0.224 e. The van der Waals surface area contributed by atoms with Gasteiger partial charge in [0.05, 0.1) is 5.54 Å². The molecule has 0 aromatic heterocycles. The van der Waals surface area contributed by atoms with Crippen LogP contribution in [0.15, 0.2) is 12.7 Å². The average molecular weight is 401 g/mol. The Kier molecular flexibility index (Phi) is 4.94. The van der Waals surface area contributed by atoms with Crippen molar-refractivity contribution in [1.29, 1.82) is 0 Å². The lowest BCUT2D eigenvalue weighted by Crippen LogP contribution is -2.61. The molecule has 0 aromatic rings. The lowest BCUT2D eigenvalue weighted by molar-refractivity contribution is -0.159. The first-order valence-electron chi connectivity index (χ1n) is 11.7. The zero-order valence-electron chi connectivity index (χ0n) is 19.1. The minimum atomic E-state index is -0.354. The van der Waals surface area contributed by atoms with Crippen molar-refractivity contribution < 1.29 is 9.59 Å². The predicted molar refractivity (Wildman–Crippen MR) is 116 cm³/mol. The van der Waals surface area contributed by atoms with Gasteiger partial charge in [0.15, 0.2) is 0 Å². The number of carbonyl (C=O) groups is 2. The van der Waals surface area contributed by atoms with Crippen LogP contribution in [0, 0.1) is 34.5 Å². The Bertz CT molecular complexity index is 716. The second-order valence-electron chi connectivity index (χ2n) is 11.6. The molecule has 29 heavy (non-hydrogen) atoms. The maximum atomic E-state index is 13.2. The highest BCUT2D eigenvalue weighted by Crippen LogP contribution is 2.66. The molecule has 2 unspecified atom stereocenters. The third-order valence-corrected chi connectivity index (χ3v) is 9.83. The number of hydrogen-bond acceptors (Lipinski definition) is 2. The minimum absolute atomic E-state index is 0.113. The molecule has 1 aliphatic heterocycles. The quantitative estimate of drug-likeness (QED) is 0.707. The highest BCUT2D eigenvalue weighted by Gasteiger charge is 2.62. The van der Waals surface area contributed by atoms with Crippen molar-refractivity contribution in [2.24, 2.45) is 34.5 Å². The number of nitrogens with one attached hydrogen (secondary N) is 1. The molecule has 3 aliphatic carbocycles. The van der Waals surface area contributed by atoms with Gasteiger partial charge in [-0.25, -0.2) is 0 Å². The van der Waals surface area contributed by atoms with E-state index in [1.165, 1.54) is 19.3 Å². The fourth-order valence-electron chi connectivity index (χ4n) is 8.04. The molecule has 4 heteroatoms. The molecule has 1 heterocycles. The number of amides is 2.